The number of amides is 1. The molecule has 1 aromatic heterocycles. The summed E-state index contributed by atoms with van der Waals surface area (Å²) in [7, 11) is 0. The van der Waals surface area contributed by atoms with Gasteiger partial charge in [-0.05, 0) is 48.2 Å². The van der Waals surface area contributed by atoms with Crippen molar-refractivity contribution in [3.63, 3.8) is 0 Å². The second-order valence-corrected chi connectivity index (χ2v) is 8.88. The van der Waals surface area contributed by atoms with Crippen LogP contribution in [0.3, 0.4) is 0 Å². The first kappa shape index (κ1) is 25.0. The van der Waals surface area contributed by atoms with Gasteiger partial charge in [0, 0.05) is 30.9 Å². The summed E-state index contributed by atoms with van der Waals surface area (Å²) < 4.78 is 0. The van der Waals surface area contributed by atoms with Gasteiger partial charge < -0.3 is 21.5 Å². The van der Waals surface area contributed by atoms with E-state index in [2.05, 4.69) is 22.5 Å². The number of nitrogens with two attached hydrogens (primary N) is 1. The molecule has 2 atom stereocenters. The Morgan fingerprint density at radius 1 is 1.06 bits per heavy atom. The summed E-state index contributed by atoms with van der Waals surface area (Å²) >= 11 is 12.0. The predicted octanol–water partition coefficient (Wildman–Crippen LogP) is 4.08. The highest BCUT2D eigenvalue weighted by molar-refractivity contribution is 6.42. The molecule has 8 heteroatoms. The molecule has 1 heterocycles. The van der Waals surface area contributed by atoms with E-state index in [4.69, 9.17) is 28.9 Å². The van der Waals surface area contributed by atoms with Crippen LogP contribution in [0.5, 0.6) is 0 Å². The third-order valence-electron chi connectivity index (χ3n) is 5.23. The van der Waals surface area contributed by atoms with E-state index in [0.717, 1.165) is 28.7 Å². The average molecular weight is 487 g/mol. The van der Waals surface area contributed by atoms with E-state index in [9.17, 15) is 9.90 Å². The molecule has 0 aliphatic heterocycles. The number of rotatable bonds is 10. The van der Waals surface area contributed by atoms with Crippen molar-refractivity contribution in [1.29, 1.82) is 0 Å². The number of anilines is 1. The molecule has 5 N–H and O–H groups in total. The van der Waals surface area contributed by atoms with Crippen molar-refractivity contribution in [2.75, 3.05) is 12.3 Å². The maximum absolute atomic E-state index is 12.4. The Balaban J connectivity index is 1.46. The second kappa shape index (κ2) is 12.0. The van der Waals surface area contributed by atoms with Crippen LogP contribution in [0.15, 0.2) is 60.8 Å². The Kier molecular flexibility index (Phi) is 9.09. The van der Waals surface area contributed by atoms with Crippen LogP contribution >= 0.6 is 23.2 Å². The van der Waals surface area contributed by atoms with Gasteiger partial charge in [0.25, 0.3) is 0 Å². The van der Waals surface area contributed by atoms with E-state index in [0.29, 0.717) is 35.4 Å². The van der Waals surface area contributed by atoms with Crippen LogP contribution in [0.2, 0.25) is 10.0 Å². The summed E-state index contributed by atoms with van der Waals surface area (Å²) in [4.78, 5) is 16.4. The maximum atomic E-state index is 12.4. The summed E-state index contributed by atoms with van der Waals surface area (Å²) in [6, 6.07) is 16.9. The quantitative estimate of drug-likeness (QED) is 0.345. The Labute approximate surface area is 204 Å². The lowest BCUT2D eigenvalue weighted by Gasteiger charge is -2.18. The average Bonchev–Trinajstić information content (AvgIpc) is 2.79. The van der Waals surface area contributed by atoms with E-state index >= 15 is 0 Å². The molecule has 0 bridgehead atoms. The third kappa shape index (κ3) is 8.02. The van der Waals surface area contributed by atoms with Gasteiger partial charge in [-0.1, -0.05) is 59.6 Å². The van der Waals surface area contributed by atoms with Gasteiger partial charge in [-0.2, -0.15) is 0 Å². The van der Waals surface area contributed by atoms with E-state index in [1.54, 1.807) is 30.5 Å². The fourth-order valence-corrected chi connectivity index (χ4v) is 3.76. The molecule has 2 aromatic carbocycles. The van der Waals surface area contributed by atoms with Crippen LogP contribution in [0.4, 0.5) is 5.82 Å². The van der Waals surface area contributed by atoms with Crippen LogP contribution in [-0.2, 0) is 24.2 Å². The molecule has 3 rings (SSSR count). The Hall–Kier alpha value is -2.64. The summed E-state index contributed by atoms with van der Waals surface area (Å²) in [6.45, 7) is 2.86. The van der Waals surface area contributed by atoms with Gasteiger partial charge in [-0.25, -0.2) is 4.98 Å². The Bertz CT molecular complexity index is 1080. The Morgan fingerprint density at radius 2 is 1.85 bits per heavy atom. The molecule has 0 aliphatic carbocycles. The summed E-state index contributed by atoms with van der Waals surface area (Å²) in [5.74, 6) is 0.361. The van der Waals surface area contributed by atoms with Crippen molar-refractivity contribution in [1.82, 2.24) is 15.6 Å². The first-order valence-electron chi connectivity index (χ1n) is 10.7. The van der Waals surface area contributed by atoms with E-state index < -0.39 is 6.10 Å². The molecule has 0 saturated carbocycles. The highest BCUT2D eigenvalue weighted by atomic mass is 35.5. The molecule has 2 unspecified atom stereocenters. The number of halogens is 2. The SMILES string of the molecule is CC(Cc1cccc(CC(=O)NCc2ccc(Cl)c(Cl)c2)c1)NCC(O)c1ccc(N)nc1. The lowest BCUT2D eigenvalue weighted by molar-refractivity contribution is -0.120. The summed E-state index contributed by atoms with van der Waals surface area (Å²) in [6.07, 6.45) is 1.99. The molecule has 0 fully saturated rings. The van der Waals surface area contributed by atoms with Gasteiger partial charge in [-0.15, -0.1) is 0 Å². The largest absolute Gasteiger partial charge is 0.387 e. The van der Waals surface area contributed by atoms with Crippen molar-refractivity contribution in [3.05, 3.63) is 93.1 Å². The number of aliphatic hydroxyl groups is 1. The van der Waals surface area contributed by atoms with Gasteiger partial charge in [0.05, 0.1) is 22.6 Å². The number of hydrogen-bond donors (Lipinski definition) is 4. The van der Waals surface area contributed by atoms with Crippen LogP contribution < -0.4 is 16.4 Å². The summed E-state index contributed by atoms with van der Waals surface area (Å²) in [5, 5.41) is 17.5. The van der Waals surface area contributed by atoms with E-state index in [1.807, 2.05) is 30.3 Å². The zero-order valence-electron chi connectivity index (χ0n) is 18.4. The Morgan fingerprint density at radius 3 is 2.58 bits per heavy atom. The zero-order chi connectivity index (χ0) is 23.8. The monoisotopic (exact) mass is 486 g/mol. The first-order chi connectivity index (χ1) is 15.8. The molecular weight excluding hydrogens is 459 g/mol. The summed E-state index contributed by atoms with van der Waals surface area (Å²) in [5.41, 5.74) is 9.26. The maximum Gasteiger partial charge on any atom is 0.224 e. The number of nitrogens with zero attached hydrogens (tertiary/aromatic N) is 1. The zero-order valence-corrected chi connectivity index (χ0v) is 19.9. The molecule has 0 radical (unpaired) electrons. The van der Waals surface area contributed by atoms with E-state index in [1.165, 1.54) is 0 Å². The van der Waals surface area contributed by atoms with Gasteiger partial charge in [0.2, 0.25) is 5.91 Å². The molecule has 33 heavy (non-hydrogen) atoms. The molecule has 0 spiro atoms. The molecule has 3 aromatic rings. The minimum Gasteiger partial charge on any atom is -0.387 e. The van der Waals surface area contributed by atoms with Crippen molar-refractivity contribution < 1.29 is 9.90 Å². The van der Waals surface area contributed by atoms with Crippen molar-refractivity contribution in [2.45, 2.75) is 38.5 Å². The van der Waals surface area contributed by atoms with Crippen LogP contribution in [0, 0.1) is 0 Å². The van der Waals surface area contributed by atoms with Crippen molar-refractivity contribution in [3.8, 4) is 0 Å². The fourth-order valence-electron chi connectivity index (χ4n) is 3.43. The van der Waals surface area contributed by atoms with Crippen molar-refractivity contribution >= 4 is 34.9 Å². The predicted molar refractivity (Wildman–Crippen MR) is 133 cm³/mol. The van der Waals surface area contributed by atoms with Crippen LogP contribution in [0.25, 0.3) is 0 Å². The van der Waals surface area contributed by atoms with Crippen LogP contribution in [0.1, 0.15) is 35.3 Å². The molecule has 0 aliphatic rings. The van der Waals surface area contributed by atoms with Gasteiger partial charge >= 0.3 is 0 Å². The smallest absolute Gasteiger partial charge is 0.224 e. The molecule has 0 saturated heterocycles. The lowest BCUT2D eigenvalue weighted by atomic mass is 10.0. The standard InChI is InChI=1S/C25H28Cl2N4O2/c1-16(29-15-23(32)20-6-8-24(28)30-14-20)9-17-3-2-4-18(10-17)12-25(33)31-13-19-5-7-21(26)22(27)11-19/h2-8,10-11,14,16,23,29,32H,9,12-13,15H2,1H3,(H2,28,30)(H,31,33). The van der Waals surface area contributed by atoms with Crippen molar-refractivity contribution in [2.24, 2.45) is 0 Å². The first-order valence-corrected chi connectivity index (χ1v) is 11.5. The number of benzene rings is 2. The number of hydrogen-bond acceptors (Lipinski definition) is 5. The number of aromatic nitrogens is 1. The van der Waals surface area contributed by atoms with E-state index in [-0.39, 0.29) is 11.9 Å². The topological polar surface area (TPSA) is 100 Å². The molecule has 6 nitrogen and oxygen atoms in total. The number of carbonyl (C=O) groups is 1. The third-order valence-corrected chi connectivity index (χ3v) is 5.96. The minimum atomic E-state index is -0.661. The number of nitrogens with one attached hydrogen (secondary N) is 2. The number of carbonyl (C=O) groups excluding carboxylic acids is 1. The van der Waals surface area contributed by atoms with Gasteiger partial charge in [0.15, 0.2) is 0 Å². The normalized spacial score (nSPS) is 12.8. The van der Waals surface area contributed by atoms with Crippen LogP contribution in [-0.4, -0.2) is 28.6 Å². The molecule has 174 valence electrons. The fraction of sp³-hybridized carbons (Fsp3) is 0.280. The highest BCUT2D eigenvalue weighted by Gasteiger charge is 2.11. The molecular formula is C25H28Cl2N4O2. The van der Waals surface area contributed by atoms with Gasteiger partial charge in [0.1, 0.15) is 5.82 Å². The number of nitrogen functional groups attached to an aromatic ring is 1. The highest BCUT2D eigenvalue weighted by Crippen LogP contribution is 2.22. The molecule has 1 amide bonds. The number of pyridine rings is 1. The minimum absolute atomic E-state index is 0.0652. The lowest BCUT2D eigenvalue weighted by Crippen LogP contribution is -2.32. The second-order valence-electron chi connectivity index (χ2n) is 8.07. The number of aliphatic hydroxyl groups excluding tert-OH is 1. The van der Waals surface area contributed by atoms with Gasteiger partial charge in [-0.3, -0.25) is 4.79 Å².